The van der Waals surface area contributed by atoms with Gasteiger partial charge in [-0.05, 0) is 24.6 Å². The zero-order chi connectivity index (χ0) is 14.9. The van der Waals surface area contributed by atoms with Gasteiger partial charge in [-0.25, -0.2) is 9.78 Å². The van der Waals surface area contributed by atoms with Crippen molar-refractivity contribution in [1.29, 1.82) is 0 Å². The Labute approximate surface area is 127 Å². The minimum Gasteiger partial charge on any atom is -0.476 e. The van der Waals surface area contributed by atoms with E-state index in [1.807, 2.05) is 25.1 Å². The summed E-state index contributed by atoms with van der Waals surface area (Å²) >= 11 is 4.41. The Bertz CT molecular complexity index is 665. The van der Waals surface area contributed by atoms with Gasteiger partial charge in [0.15, 0.2) is 16.6 Å². The molecule has 0 saturated carbocycles. The first kappa shape index (κ1) is 14.7. The van der Waals surface area contributed by atoms with Gasteiger partial charge in [0.25, 0.3) is 0 Å². The summed E-state index contributed by atoms with van der Waals surface area (Å²) in [7, 11) is 0. The van der Waals surface area contributed by atoms with Crippen molar-refractivity contribution in [2.45, 2.75) is 13.8 Å². The van der Waals surface area contributed by atoms with Crippen LogP contribution in [0, 0.1) is 6.92 Å². The first-order valence-electron chi connectivity index (χ1n) is 5.66. The van der Waals surface area contributed by atoms with Gasteiger partial charge in [0.2, 0.25) is 0 Å². The van der Waals surface area contributed by atoms with Gasteiger partial charge in [0, 0.05) is 17.1 Å². The van der Waals surface area contributed by atoms with Crippen LogP contribution in [-0.2, 0) is 0 Å². The number of aromatic carboxylic acids is 1. The predicted molar refractivity (Wildman–Crippen MR) is 81.2 cm³/mol. The lowest BCUT2D eigenvalue weighted by atomic mass is 10.2. The summed E-state index contributed by atoms with van der Waals surface area (Å²) in [6, 6.07) is 5.70. The Morgan fingerprint density at radius 3 is 2.65 bits per heavy atom. The number of nitrogens with one attached hydrogen (secondary N) is 1. The molecule has 1 aromatic carbocycles. The van der Waals surface area contributed by atoms with Crippen molar-refractivity contribution < 1.29 is 14.7 Å². The van der Waals surface area contributed by atoms with Crippen molar-refractivity contribution >= 4 is 49.8 Å². The second kappa shape index (κ2) is 5.72. The van der Waals surface area contributed by atoms with Crippen LogP contribution in [0.5, 0.6) is 0 Å². The molecule has 0 atom stereocenters. The summed E-state index contributed by atoms with van der Waals surface area (Å²) < 4.78 is 0.896. The molecule has 2 N–H and O–H groups in total. The largest absolute Gasteiger partial charge is 0.476 e. The minimum absolute atomic E-state index is 0.146. The van der Waals surface area contributed by atoms with Gasteiger partial charge in [0.05, 0.1) is 0 Å². The standard InChI is InChI=1S/C13H11BrN2O3S/c1-6-3-4-8(14)5-9(6)15-13-16-10(12(18)19)11(20-13)7(2)17/h3-5H,1-2H3,(H,15,16)(H,18,19). The van der Waals surface area contributed by atoms with Gasteiger partial charge in [-0.15, -0.1) is 0 Å². The van der Waals surface area contributed by atoms with Crippen molar-refractivity contribution in [2.75, 3.05) is 5.32 Å². The van der Waals surface area contributed by atoms with E-state index < -0.39 is 5.97 Å². The van der Waals surface area contributed by atoms with Crippen LogP contribution in [0.15, 0.2) is 22.7 Å². The number of anilines is 2. The van der Waals surface area contributed by atoms with Crippen LogP contribution in [0.3, 0.4) is 0 Å². The van der Waals surface area contributed by atoms with Crippen LogP contribution in [0.1, 0.15) is 32.6 Å². The van der Waals surface area contributed by atoms with Gasteiger partial charge in [-0.2, -0.15) is 0 Å². The fourth-order valence-electron chi connectivity index (χ4n) is 1.60. The number of hydrogen-bond acceptors (Lipinski definition) is 5. The highest BCUT2D eigenvalue weighted by Crippen LogP contribution is 2.29. The van der Waals surface area contributed by atoms with Crippen molar-refractivity contribution in [3.63, 3.8) is 0 Å². The molecule has 0 fully saturated rings. The quantitative estimate of drug-likeness (QED) is 0.815. The lowest BCUT2D eigenvalue weighted by Crippen LogP contribution is -2.03. The number of carbonyl (C=O) groups excluding carboxylic acids is 1. The monoisotopic (exact) mass is 354 g/mol. The number of carboxylic acids is 1. The maximum atomic E-state index is 11.4. The van der Waals surface area contributed by atoms with E-state index in [0.29, 0.717) is 5.13 Å². The van der Waals surface area contributed by atoms with Gasteiger partial charge in [-0.3, -0.25) is 4.79 Å². The zero-order valence-corrected chi connectivity index (χ0v) is 13.1. The van der Waals surface area contributed by atoms with Crippen LogP contribution in [0.2, 0.25) is 0 Å². The third-order valence-electron chi connectivity index (χ3n) is 2.59. The van der Waals surface area contributed by atoms with Crippen LogP contribution in [0.25, 0.3) is 0 Å². The predicted octanol–water partition coefficient (Wildman–Crippen LogP) is 3.86. The van der Waals surface area contributed by atoms with Gasteiger partial charge in [0.1, 0.15) is 4.88 Å². The highest BCUT2D eigenvalue weighted by atomic mass is 79.9. The Balaban J connectivity index is 2.39. The third-order valence-corrected chi connectivity index (χ3v) is 4.16. The molecule has 104 valence electrons. The highest BCUT2D eigenvalue weighted by molar-refractivity contribution is 9.10. The molecule has 0 unspecified atom stereocenters. The summed E-state index contributed by atoms with van der Waals surface area (Å²) in [4.78, 5) is 26.6. The molecule has 2 aromatic rings. The first-order valence-corrected chi connectivity index (χ1v) is 7.27. The van der Waals surface area contributed by atoms with E-state index in [4.69, 9.17) is 5.11 Å². The number of nitrogens with zero attached hydrogens (tertiary/aromatic N) is 1. The molecule has 0 amide bonds. The number of aromatic nitrogens is 1. The van der Waals surface area contributed by atoms with E-state index >= 15 is 0 Å². The van der Waals surface area contributed by atoms with Crippen LogP contribution >= 0.6 is 27.3 Å². The number of carbonyl (C=O) groups is 2. The Morgan fingerprint density at radius 2 is 2.10 bits per heavy atom. The summed E-state index contributed by atoms with van der Waals surface area (Å²) in [5.41, 5.74) is 1.59. The van der Waals surface area contributed by atoms with Crippen molar-refractivity contribution in [1.82, 2.24) is 4.98 Å². The number of benzene rings is 1. The second-order valence-electron chi connectivity index (χ2n) is 4.14. The molecule has 0 radical (unpaired) electrons. The molecule has 7 heteroatoms. The maximum absolute atomic E-state index is 11.4. The number of carboxylic acid groups (broad SMARTS) is 1. The summed E-state index contributed by atoms with van der Waals surface area (Å²) in [6.45, 7) is 3.25. The lowest BCUT2D eigenvalue weighted by Gasteiger charge is -2.06. The summed E-state index contributed by atoms with van der Waals surface area (Å²) in [6.07, 6.45) is 0. The molecule has 0 spiro atoms. The SMILES string of the molecule is CC(=O)c1sc(Nc2cc(Br)ccc2C)nc1C(=O)O. The maximum Gasteiger partial charge on any atom is 0.356 e. The molecule has 0 aliphatic carbocycles. The molecule has 0 aliphatic heterocycles. The number of aryl methyl sites for hydroxylation is 1. The fourth-order valence-corrected chi connectivity index (χ4v) is 2.83. The van der Waals surface area contributed by atoms with Crippen LogP contribution in [-0.4, -0.2) is 21.8 Å². The third kappa shape index (κ3) is 3.05. The highest BCUT2D eigenvalue weighted by Gasteiger charge is 2.20. The molecular formula is C13H11BrN2O3S. The topological polar surface area (TPSA) is 79.3 Å². The van der Waals surface area contributed by atoms with E-state index in [1.54, 1.807) is 0 Å². The van der Waals surface area contributed by atoms with E-state index in [-0.39, 0.29) is 16.4 Å². The normalized spacial score (nSPS) is 10.3. The fraction of sp³-hybridized carbons (Fsp3) is 0.154. The molecule has 1 heterocycles. The van der Waals surface area contributed by atoms with Crippen LogP contribution in [0.4, 0.5) is 10.8 Å². The Kier molecular flexibility index (Phi) is 4.20. The van der Waals surface area contributed by atoms with E-state index in [9.17, 15) is 9.59 Å². The zero-order valence-electron chi connectivity index (χ0n) is 10.7. The first-order chi connectivity index (χ1) is 9.38. The van der Waals surface area contributed by atoms with E-state index in [2.05, 4.69) is 26.2 Å². The average molecular weight is 355 g/mol. The van der Waals surface area contributed by atoms with Crippen molar-refractivity contribution in [3.05, 3.63) is 38.8 Å². The van der Waals surface area contributed by atoms with E-state index in [0.717, 1.165) is 27.1 Å². The van der Waals surface area contributed by atoms with Gasteiger partial charge in [-0.1, -0.05) is 33.3 Å². The number of ketones is 1. The smallest absolute Gasteiger partial charge is 0.356 e. The van der Waals surface area contributed by atoms with Crippen LogP contribution < -0.4 is 5.32 Å². The van der Waals surface area contributed by atoms with Crippen molar-refractivity contribution in [3.8, 4) is 0 Å². The van der Waals surface area contributed by atoms with Gasteiger partial charge >= 0.3 is 5.97 Å². The Morgan fingerprint density at radius 1 is 1.40 bits per heavy atom. The molecule has 0 saturated heterocycles. The molecule has 1 aromatic heterocycles. The molecular weight excluding hydrogens is 344 g/mol. The van der Waals surface area contributed by atoms with Gasteiger partial charge < -0.3 is 10.4 Å². The number of thiazole rings is 1. The molecule has 2 rings (SSSR count). The second-order valence-corrected chi connectivity index (χ2v) is 6.06. The molecule has 20 heavy (non-hydrogen) atoms. The number of hydrogen-bond donors (Lipinski definition) is 2. The van der Waals surface area contributed by atoms with Crippen molar-refractivity contribution in [2.24, 2.45) is 0 Å². The summed E-state index contributed by atoms with van der Waals surface area (Å²) in [5.74, 6) is -1.51. The minimum atomic E-state index is -1.20. The average Bonchev–Trinajstić information content (AvgIpc) is 2.78. The molecule has 0 bridgehead atoms. The molecule has 5 nitrogen and oxygen atoms in total. The molecule has 0 aliphatic rings. The summed E-state index contributed by atoms with van der Waals surface area (Å²) in [5, 5.41) is 12.5. The number of Topliss-reactive ketones (excluding diaryl/α,β-unsaturated/α-hetero) is 1. The number of halogens is 1. The number of rotatable bonds is 4. The van der Waals surface area contributed by atoms with E-state index in [1.165, 1.54) is 6.92 Å². The Hall–Kier alpha value is -1.73. The lowest BCUT2D eigenvalue weighted by molar-refractivity contribution is 0.0687.